The summed E-state index contributed by atoms with van der Waals surface area (Å²) in [4.78, 5) is 23.4. The SMILES string of the molecule is CC(C)(C)OC(=O)NC(C)(C=O)C1CC2CCC1C2. The van der Waals surface area contributed by atoms with E-state index in [1.807, 2.05) is 27.7 Å². The monoisotopic (exact) mass is 267 g/mol. The van der Waals surface area contributed by atoms with E-state index in [0.29, 0.717) is 5.92 Å². The van der Waals surface area contributed by atoms with Gasteiger partial charge in [-0.15, -0.1) is 0 Å². The molecule has 2 bridgehead atoms. The minimum Gasteiger partial charge on any atom is -0.444 e. The highest BCUT2D eigenvalue weighted by molar-refractivity contribution is 5.76. The molecule has 0 heterocycles. The Morgan fingerprint density at radius 2 is 1.89 bits per heavy atom. The minimum absolute atomic E-state index is 0.260. The van der Waals surface area contributed by atoms with Crippen LogP contribution in [0.5, 0.6) is 0 Å². The molecule has 4 nitrogen and oxygen atoms in total. The van der Waals surface area contributed by atoms with Gasteiger partial charge in [-0.1, -0.05) is 6.42 Å². The van der Waals surface area contributed by atoms with Gasteiger partial charge in [0.25, 0.3) is 0 Å². The van der Waals surface area contributed by atoms with Crippen molar-refractivity contribution in [1.29, 1.82) is 0 Å². The molecule has 0 aromatic heterocycles. The first kappa shape index (κ1) is 14.4. The van der Waals surface area contributed by atoms with Crippen LogP contribution in [-0.4, -0.2) is 23.5 Å². The van der Waals surface area contributed by atoms with Gasteiger partial charge in [0.05, 0.1) is 5.54 Å². The third-order valence-corrected chi connectivity index (χ3v) is 4.52. The molecule has 1 amide bonds. The normalized spacial score (nSPS) is 32.7. The number of fused-ring (bicyclic) bond motifs is 2. The second-order valence-corrected chi connectivity index (χ2v) is 7.31. The van der Waals surface area contributed by atoms with Gasteiger partial charge in [0.1, 0.15) is 11.9 Å². The van der Waals surface area contributed by atoms with E-state index >= 15 is 0 Å². The molecule has 19 heavy (non-hydrogen) atoms. The molecule has 0 radical (unpaired) electrons. The molecule has 0 aliphatic heterocycles. The number of nitrogens with one attached hydrogen (secondary N) is 1. The minimum atomic E-state index is -0.790. The van der Waals surface area contributed by atoms with Crippen LogP contribution in [0.3, 0.4) is 0 Å². The van der Waals surface area contributed by atoms with Crippen molar-refractivity contribution < 1.29 is 14.3 Å². The number of hydrogen-bond acceptors (Lipinski definition) is 3. The number of alkyl carbamates (subject to hydrolysis) is 1. The Balaban J connectivity index is 2.02. The summed E-state index contributed by atoms with van der Waals surface area (Å²) in [6.07, 6.45) is 5.13. The van der Waals surface area contributed by atoms with E-state index in [1.165, 1.54) is 19.3 Å². The lowest BCUT2D eigenvalue weighted by atomic mass is 9.76. The molecule has 0 spiro atoms. The van der Waals surface area contributed by atoms with Gasteiger partial charge in [-0.2, -0.15) is 0 Å². The van der Waals surface area contributed by atoms with Gasteiger partial charge < -0.3 is 14.8 Å². The van der Waals surface area contributed by atoms with Gasteiger partial charge >= 0.3 is 6.09 Å². The average molecular weight is 267 g/mol. The summed E-state index contributed by atoms with van der Waals surface area (Å²) in [6.45, 7) is 7.29. The maximum atomic E-state index is 11.9. The van der Waals surface area contributed by atoms with Crippen LogP contribution >= 0.6 is 0 Å². The summed E-state index contributed by atoms with van der Waals surface area (Å²) >= 11 is 0. The molecule has 0 aromatic carbocycles. The van der Waals surface area contributed by atoms with E-state index < -0.39 is 17.2 Å². The van der Waals surface area contributed by atoms with Gasteiger partial charge in [0.2, 0.25) is 0 Å². The fourth-order valence-electron chi connectivity index (χ4n) is 3.71. The van der Waals surface area contributed by atoms with Crippen LogP contribution in [0.15, 0.2) is 0 Å². The topological polar surface area (TPSA) is 55.4 Å². The summed E-state index contributed by atoms with van der Waals surface area (Å²) in [6, 6.07) is 0. The van der Waals surface area contributed by atoms with E-state index in [4.69, 9.17) is 4.74 Å². The number of hydrogen-bond donors (Lipinski definition) is 1. The molecule has 4 atom stereocenters. The lowest BCUT2D eigenvalue weighted by Gasteiger charge is -2.37. The standard InChI is InChI=1S/C15H25NO3/c1-14(2,3)19-13(18)16-15(4,9-17)12-8-10-5-6-11(12)7-10/h9-12H,5-8H2,1-4H3,(H,16,18). The maximum absolute atomic E-state index is 11.9. The molecule has 2 rings (SSSR count). The zero-order valence-electron chi connectivity index (χ0n) is 12.4. The quantitative estimate of drug-likeness (QED) is 0.800. The van der Waals surface area contributed by atoms with Crippen LogP contribution in [0.2, 0.25) is 0 Å². The van der Waals surface area contributed by atoms with Crippen LogP contribution in [0.4, 0.5) is 4.79 Å². The zero-order valence-corrected chi connectivity index (χ0v) is 12.4. The lowest BCUT2D eigenvalue weighted by Crippen LogP contribution is -2.55. The number of carbonyl (C=O) groups excluding carboxylic acids is 2. The Morgan fingerprint density at radius 1 is 1.21 bits per heavy atom. The van der Waals surface area contributed by atoms with Gasteiger partial charge in [-0.05, 0) is 64.7 Å². The molecular weight excluding hydrogens is 242 g/mol. The first-order valence-corrected chi connectivity index (χ1v) is 7.21. The van der Waals surface area contributed by atoms with Crippen molar-refractivity contribution in [3.8, 4) is 0 Å². The highest BCUT2D eigenvalue weighted by Gasteiger charge is 2.49. The van der Waals surface area contributed by atoms with E-state index in [9.17, 15) is 9.59 Å². The second-order valence-electron chi connectivity index (χ2n) is 7.31. The Kier molecular flexibility index (Phi) is 3.63. The van der Waals surface area contributed by atoms with E-state index in [2.05, 4.69) is 5.32 Å². The molecule has 2 aliphatic rings. The average Bonchev–Trinajstić information content (AvgIpc) is 2.87. The fourth-order valence-corrected chi connectivity index (χ4v) is 3.71. The number of rotatable bonds is 3. The van der Waals surface area contributed by atoms with Gasteiger partial charge in [0.15, 0.2) is 0 Å². The molecule has 0 saturated heterocycles. The number of ether oxygens (including phenoxy) is 1. The molecule has 2 saturated carbocycles. The smallest absolute Gasteiger partial charge is 0.408 e. The predicted molar refractivity (Wildman–Crippen MR) is 72.8 cm³/mol. The van der Waals surface area contributed by atoms with Gasteiger partial charge in [-0.25, -0.2) is 4.79 Å². The number of aldehydes is 1. The van der Waals surface area contributed by atoms with Crippen LogP contribution in [0.1, 0.15) is 53.4 Å². The molecule has 4 unspecified atom stereocenters. The third-order valence-electron chi connectivity index (χ3n) is 4.52. The van der Waals surface area contributed by atoms with Gasteiger partial charge in [0, 0.05) is 0 Å². The Hall–Kier alpha value is -1.06. The number of carbonyl (C=O) groups is 2. The maximum Gasteiger partial charge on any atom is 0.408 e. The summed E-state index contributed by atoms with van der Waals surface area (Å²) in [5.41, 5.74) is -1.33. The Bertz CT molecular complexity index is 374. The van der Waals surface area contributed by atoms with E-state index in [-0.39, 0.29) is 5.92 Å². The van der Waals surface area contributed by atoms with Crippen molar-refractivity contribution in [3.05, 3.63) is 0 Å². The van der Waals surface area contributed by atoms with Crippen LogP contribution in [0, 0.1) is 17.8 Å². The summed E-state index contributed by atoms with van der Waals surface area (Å²) < 4.78 is 5.27. The third kappa shape index (κ3) is 3.10. The van der Waals surface area contributed by atoms with Crippen molar-refractivity contribution in [2.24, 2.45) is 17.8 Å². The largest absolute Gasteiger partial charge is 0.444 e. The lowest BCUT2D eigenvalue weighted by molar-refractivity contribution is -0.115. The van der Waals surface area contributed by atoms with Crippen LogP contribution < -0.4 is 5.32 Å². The van der Waals surface area contributed by atoms with Crippen molar-refractivity contribution >= 4 is 12.4 Å². The highest BCUT2D eigenvalue weighted by Crippen LogP contribution is 2.51. The second kappa shape index (κ2) is 4.80. The van der Waals surface area contributed by atoms with Crippen molar-refractivity contribution in [1.82, 2.24) is 5.32 Å². The zero-order chi connectivity index (χ0) is 14.3. The van der Waals surface area contributed by atoms with Crippen LogP contribution in [-0.2, 0) is 9.53 Å². The fraction of sp³-hybridized carbons (Fsp3) is 0.867. The van der Waals surface area contributed by atoms with Crippen LogP contribution in [0.25, 0.3) is 0 Å². The van der Waals surface area contributed by atoms with Gasteiger partial charge in [-0.3, -0.25) is 0 Å². The summed E-state index contributed by atoms with van der Waals surface area (Å²) in [7, 11) is 0. The Labute approximate surface area is 115 Å². The molecule has 2 fully saturated rings. The molecule has 0 aromatic rings. The predicted octanol–water partition coefficient (Wildman–Crippen LogP) is 2.90. The highest BCUT2D eigenvalue weighted by atomic mass is 16.6. The molecule has 2 aliphatic carbocycles. The molecule has 108 valence electrons. The van der Waals surface area contributed by atoms with Crippen molar-refractivity contribution in [2.45, 2.75) is 64.5 Å². The molecule has 4 heteroatoms. The first-order chi connectivity index (χ1) is 8.73. The van der Waals surface area contributed by atoms with Crippen molar-refractivity contribution in [3.63, 3.8) is 0 Å². The molecular formula is C15H25NO3. The summed E-state index contributed by atoms with van der Waals surface area (Å²) in [5, 5.41) is 2.80. The molecule has 1 N–H and O–H groups in total. The summed E-state index contributed by atoms with van der Waals surface area (Å²) in [5.74, 6) is 1.58. The van der Waals surface area contributed by atoms with E-state index in [1.54, 1.807) is 0 Å². The Morgan fingerprint density at radius 3 is 2.32 bits per heavy atom. The first-order valence-electron chi connectivity index (χ1n) is 7.21. The van der Waals surface area contributed by atoms with E-state index in [0.717, 1.165) is 18.6 Å². The van der Waals surface area contributed by atoms with Crippen molar-refractivity contribution in [2.75, 3.05) is 0 Å². The number of amides is 1.